The number of halogens is 2. The van der Waals surface area contributed by atoms with Crippen LogP contribution in [0.5, 0.6) is 0 Å². The predicted octanol–water partition coefficient (Wildman–Crippen LogP) is 3.97. The maximum absolute atomic E-state index is 12.2. The number of amides is 1. The molecule has 0 unspecified atom stereocenters. The molecule has 1 aromatic carbocycles. The molecule has 0 saturated carbocycles. The number of rotatable bonds is 3. The van der Waals surface area contributed by atoms with Gasteiger partial charge >= 0.3 is 0 Å². The number of carbonyl (C=O) groups excluding carboxylic acids is 1. The third-order valence-electron chi connectivity index (χ3n) is 2.59. The molecule has 0 radical (unpaired) electrons. The Morgan fingerprint density at radius 1 is 1.38 bits per heavy atom. The van der Waals surface area contributed by atoms with Crippen LogP contribution >= 0.6 is 27.5 Å². The number of pyridine rings is 1. The van der Waals surface area contributed by atoms with Crippen molar-refractivity contribution in [2.75, 3.05) is 5.32 Å². The molecule has 0 aliphatic heterocycles. The summed E-state index contributed by atoms with van der Waals surface area (Å²) in [5, 5.41) is 13.5. The van der Waals surface area contributed by atoms with Gasteiger partial charge in [0.25, 0.3) is 11.6 Å². The van der Waals surface area contributed by atoms with Gasteiger partial charge in [-0.1, -0.05) is 11.6 Å². The summed E-state index contributed by atoms with van der Waals surface area (Å²) in [7, 11) is 0. The van der Waals surface area contributed by atoms with E-state index in [9.17, 15) is 14.9 Å². The summed E-state index contributed by atoms with van der Waals surface area (Å²) >= 11 is 9.11. The van der Waals surface area contributed by atoms with Gasteiger partial charge in [0.05, 0.1) is 10.6 Å². The Morgan fingerprint density at radius 3 is 2.76 bits per heavy atom. The molecule has 0 atom stereocenters. The molecule has 2 rings (SSSR count). The van der Waals surface area contributed by atoms with Crippen LogP contribution in [0.3, 0.4) is 0 Å². The summed E-state index contributed by atoms with van der Waals surface area (Å²) in [6.45, 7) is 1.68. The fourth-order valence-corrected chi connectivity index (χ4v) is 2.19. The molecule has 1 aromatic heterocycles. The molecule has 2 aromatic rings. The fourth-order valence-electron chi connectivity index (χ4n) is 1.70. The van der Waals surface area contributed by atoms with Gasteiger partial charge in [0.2, 0.25) is 0 Å². The second kappa shape index (κ2) is 6.19. The van der Waals surface area contributed by atoms with Gasteiger partial charge in [-0.2, -0.15) is 0 Å². The Labute approximate surface area is 133 Å². The first-order chi connectivity index (χ1) is 9.86. The Balaban J connectivity index is 2.32. The zero-order valence-corrected chi connectivity index (χ0v) is 13.1. The molecule has 1 amide bonds. The molecular weight excluding hydrogens is 362 g/mol. The summed E-state index contributed by atoms with van der Waals surface area (Å²) in [4.78, 5) is 26.3. The highest BCUT2D eigenvalue weighted by molar-refractivity contribution is 9.10. The molecule has 0 aliphatic carbocycles. The van der Waals surface area contributed by atoms with Crippen LogP contribution in [0, 0.1) is 17.0 Å². The number of non-ortho nitro benzene ring substituents is 1. The van der Waals surface area contributed by atoms with Crippen LogP contribution in [0.1, 0.15) is 15.9 Å². The normalized spacial score (nSPS) is 10.2. The molecule has 0 saturated heterocycles. The molecule has 1 N–H and O–H groups in total. The number of aromatic nitrogens is 1. The molecule has 8 heteroatoms. The number of aryl methyl sites for hydroxylation is 1. The molecule has 108 valence electrons. The van der Waals surface area contributed by atoms with Gasteiger partial charge in [0.15, 0.2) is 5.15 Å². The largest absolute Gasteiger partial charge is 0.319 e. The van der Waals surface area contributed by atoms with Crippen molar-refractivity contribution in [3.63, 3.8) is 0 Å². The minimum atomic E-state index is -0.544. The van der Waals surface area contributed by atoms with E-state index < -0.39 is 10.8 Å². The standard InChI is InChI=1S/C13H9BrClN3O3/c1-7-2-8(4-10(3-7)18(20)21)13(19)17-11-5-9(14)6-16-12(11)15/h2-6H,1H3,(H,17,19). The van der Waals surface area contributed by atoms with Crippen LogP contribution < -0.4 is 5.32 Å². The van der Waals surface area contributed by atoms with Crippen LogP contribution in [0.15, 0.2) is 34.9 Å². The van der Waals surface area contributed by atoms with Gasteiger partial charge in [0, 0.05) is 28.4 Å². The Kier molecular flexibility index (Phi) is 4.54. The molecule has 0 bridgehead atoms. The van der Waals surface area contributed by atoms with E-state index in [0.717, 1.165) is 0 Å². The Hall–Kier alpha value is -1.99. The second-order valence-electron chi connectivity index (χ2n) is 4.26. The quantitative estimate of drug-likeness (QED) is 0.503. The lowest BCUT2D eigenvalue weighted by molar-refractivity contribution is -0.384. The average Bonchev–Trinajstić information content (AvgIpc) is 2.42. The van der Waals surface area contributed by atoms with Gasteiger partial charge < -0.3 is 5.32 Å². The maximum atomic E-state index is 12.2. The Morgan fingerprint density at radius 2 is 2.10 bits per heavy atom. The zero-order chi connectivity index (χ0) is 15.6. The van der Waals surface area contributed by atoms with E-state index in [1.165, 1.54) is 18.3 Å². The summed E-state index contributed by atoms with van der Waals surface area (Å²) in [5.41, 5.74) is 0.976. The SMILES string of the molecule is Cc1cc(C(=O)Nc2cc(Br)cnc2Cl)cc([N+](=O)[O-])c1. The van der Waals surface area contributed by atoms with Crippen molar-refractivity contribution in [3.05, 3.63) is 61.3 Å². The van der Waals surface area contributed by atoms with E-state index in [1.54, 1.807) is 19.1 Å². The van der Waals surface area contributed by atoms with Crippen LogP contribution in [0.2, 0.25) is 5.15 Å². The van der Waals surface area contributed by atoms with Gasteiger partial charge in [-0.15, -0.1) is 0 Å². The third-order valence-corrected chi connectivity index (χ3v) is 3.32. The number of nitro benzene ring substituents is 1. The lowest BCUT2D eigenvalue weighted by Gasteiger charge is -2.07. The van der Waals surface area contributed by atoms with Crippen molar-refractivity contribution in [3.8, 4) is 0 Å². The number of hydrogen-bond acceptors (Lipinski definition) is 4. The summed E-state index contributed by atoms with van der Waals surface area (Å²) in [5.74, 6) is -0.497. The molecule has 21 heavy (non-hydrogen) atoms. The number of anilines is 1. The van der Waals surface area contributed by atoms with Crippen LogP contribution in [-0.4, -0.2) is 15.8 Å². The molecule has 1 heterocycles. The first-order valence-electron chi connectivity index (χ1n) is 5.75. The van der Waals surface area contributed by atoms with Crippen molar-refractivity contribution in [1.29, 1.82) is 0 Å². The maximum Gasteiger partial charge on any atom is 0.270 e. The van der Waals surface area contributed by atoms with Crippen LogP contribution in [0.25, 0.3) is 0 Å². The minimum absolute atomic E-state index is 0.133. The van der Waals surface area contributed by atoms with Crippen LogP contribution in [0.4, 0.5) is 11.4 Å². The third kappa shape index (κ3) is 3.77. The average molecular weight is 371 g/mol. The van der Waals surface area contributed by atoms with E-state index >= 15 is 0 Å². The van der Waals surface area contributed by atoms with E-state index in [4.69, 9.17) is 11.6 Å². The Bertz CT molecular complexity index is 737. The minimum Gasteiger partial charge on any atom is -0.319 e. The van der Waals surface area contributed by atoms with Gasteiger partial charge in [-0.25, -0.2) is 4.98 Å². The molecule has 0 spiro atoms. The van der Waals surface area contributed by atoms with E-state index in [2.05, 4.69) is 26.2 Å². The van der Waals surface area contributed by atoms with Crippen molar-refractivity contribution in [2.45, 2.75) is 6.92 Å². The highest BCUT2D eigenvalue weighted by atomic mass is 79.9. The van der Waals surface area contributed by atoms with Crippen molar-refractivity contribution in [2.24, 2.45) is 0 Å². The number of benzene rings is 1. The van der Waals surface area contributed by atoms with Gasteiger partial charge in [0.1, 0.15) is 0 Å². The van der Waals surface area contributed by atoms with Crippen molar-refractivity contribution in [1.82, 2.24) is 4.98 Å². The number of carbonyl (C=O) groups is 1. The van der Waals surface area contributed by atoms with E-state index in [-0.39, 0.29) is 16.4 Å². The molecule has 0 aliphatic rings. The number of nitrogens with one attached hydrogen (secondary N) is 1. The summed E-state index contributed by atoms with van der Waals surface area (Å²) in [6, 6.07) is 5.76. The molecular formula is C13H9BrClN3O3. The second-order valence-corrected chi connectivity index (χ2v) is 5.53. The van der Waals surface area contributed by atoms with Crippen molar-refractivity contribution >= 4 is 44.8 Å². The zero-order valence-electron chi connectivity index (χ0n) is 10.8. The van der Waals surface area contributed by atoms with E-state index in [0.29, 0.717) is 15.7 Å². The lowest BCUT2D eigenvalue weighted by Crippen LogP contribution is -2.13. The highest BCUT2D eigenvalue weighted by Gasteiger charge is 2.15. The monoisotopic (exact) mass is 369 g/mol. The summed E-state index contributed by atoms with van der Waals surface area (Å²) < 4.78 is 0.650. The lowest BCUT2D eigenvalue weighted by atomic mass is 10.1. The first kappa shape index (κ1) is 15.4. The van der Waals surface area contributed by atoms with Gasteiger partial charge in [-0.3, -0.25) is 14.9 Å². The number of nitro groups is 1. The fraction of sp³-hybridized carbons (Fsp3) is 0.0769. The number of hydrogen-bond donors (Lipinski definition) is 1. The molecule has 6 nitrogen and oxygen atoms in total. The number of nitrogens with zero attached hydrogens (tertiary/aromatic N) is 2. The topological polar surface area (TPSA) is 85.1 Å². The first-order valence-corrected chi connectivity index (χ1v) is 6.92. The van der Waals surface area contributed by atoms with Crippen molar-refractivity contribution < 1.29 is 9.72 Å². The van der Waals surface area contributed by atoms with Crippen LogP contribution in [-0.2, 0) is 0 Å². The smallest absolute Gasteiger partial charge is 0.270 e. The van der Waals surface area contributed by atoms with E-state index in [1.807, 2.05) is 0 Å². The highest BCUT2D eigenvalue weighted by Crippen LogP contribution is 2.24. The predicted molar refractivity (Wildman–Crippen MR) is 82.7 cm³/mol. The van der Waals surface area contributed by atoms with Gasteiger partial charge in [-0.05, 0) is 40.5 Å². The summed E-state index contributed by atoms with van der Waals surface area (Å²) in [6.07, 6.45) is 1.50. The molecule has 0 fully saturated rings.